The van der Waals surface area contributed by atoms with Crippen LogP contribution in [0, 0.1) is 0 Å². The van der Waals surface area contributed by atoms with Gasteiger partial charge in [-0.25, -0.2) is 0 Å². The predicted molar refractivity (Wildman–Crippen MR) is 76.5 cm³/mol. The van der Waals surface area contributed by atoms with Gasteiger partial charge in [-0.15, -0.1) is 0 Å². The van der Waals surface area contributed by atoms with Gasteiger partial charge in [0.2, 0.25) is 0 Å². The first-order valence-electron chi connectivity index (χ1n) is 6.91. The molecule has 1 aromatic rings. The van der Waals surface area contributed by atoms with Crippen molar-refractivity contribution in [1.29, 1.82) is 0 Å². The van der Waals surface area contributed by atoms with Gasteiger partial charge in [0.25, 0.3) is 0 Å². The Labute approximate surface area is 110 Å². The van der Waals surface area contributed by atoms with Crippen molar-refractivity contribution in [3.8, 4) is 0 Å². The smallest absolute Gasteiger partial charge is 0.115 e. The fourth-order valence-electron chi connectivity index (χ4n) is 2.33. The molecule has 1 nitrogen and oxygen atoms in total. The number of allylic oxidation sites excluding steroid dienone is 2. The third kappa shape index (κ3) is 3.11. The molecule has 1 atom stereocenters. The zero-order chi connectivity index (χ0) is 12.7. The van der Waals surface area contributed by atoms with Crippen LogP contribution in [-0.2, 0) is 10.3 Å². The summed E-state index contributed by atoms with van der Waals surface area (Å²) in [5, 5.41) is 0. The molecule has 0 aromatic heterocycles. The van der Waals surface area contributed by atoms with Crippen molar-refractivity contribution in [2.75, 3.05) is 6.61 Å². The van der Waals surface area contributed by atoms with Crippen LogP contribution in [0.3, 0.4) is 0 Å². The summed E-state index contributed by atoms with van der Waals surface area (Å²) >= 11 is 0. The summed E-state index contributed by atoms with van der Waals surface area (Å²) in [5.74, 6) is 0. The second-order valence-corrected chi connectivity index (χ2v) is 4.80. The van der Waals surface area contributed by atoms with Crippen LogP contribution in [-0.4, -0.2) is 6.61 Å². The van der Waals surface area contributed by atoms with E-state index in [2.05, 4.69) is 61.6 Å². The average Bonchev–Trinajstić information content (AvgIpc) is 2.46. The second-order valence-electron chi connectivity index (χ2n) is 4.80. The van der Waals surface area contributed by atoms with Gasteiger partial charge in [0, 0.05) is 13.0 Å². The first kappa shape index (κ1) is 13.1. The molecule has 1 aliphatic carbocycles. The van der Waals surface area contributed by atoms with E-state index >= 15 is 0 Å². The summed E-state index contributed by atoms with van der Waals surface area (Å²) in [6, 6.07) is 10.5. The maximum Gasteiger partial charge on any atom is 0.115 e. The lowest BCUT2D eigenvalue weighted by molar-refractivity contribution is -0.0130. The number of hydrogen-bond acceptors (Lipinski definition) is 1. The Morgan fingerprint density at radius 1 is 1.11 bits per heavy atom. The molecule has 0 N–H and O–H groups in total. The molecule has 0 heterocycles. The van der Waals surface area contributed by atoms with Gasteiger partial charge >= 0.3 is 0 Å². The molecule has 1 unspecified atom stereocenters. The molecule has 1 heteroatoms. The van der Waals surface area contributed by atoms with Gasteiger partial charge in [-0.3, -0.25) is 0 Å². The topological polar surface area (TPSA) is 9.23 Å². The Kier molecular flexibility index (Phi) is 4.77. The van der Waals surface area contributed by atoms with Crippen molar-refractivity contribution < 1.29 is 4.74 Å². The lowest BCUT2D eigenvalue weighted by Crippen LogP contribution is -2.28. The standard InChI is InChI=1S/C17H22O/c1-2-3-10-15-18-17(13-8-5-9-14-17)16-11-6-4-7-12-16/h4-9,11-13H,2-3,10,14-15H2,1H3. The highest BCUT2D eigenvalue weighted by atomic mass is 16.5. The highest BCUT2D eigenvalue weighted by Crippen LogP contribution is 2.34. The molecule has 96 valence electrons. The first-order valence-corrected chi connectivity index (χ1v) is 6.91. The van der Waals surface area contributed by atoms with E-state index < -0.39 is 0 Å². The Morgan fingerprint density at radius 3 is 2.61 bits per heavy atom. The minimum Gasteiger partial charge on any atom is -0.366 e. The van der Waals surface area contributed by atoms with E-state index in [-0.39, 0.29) is 5.60 Å². The largest absolute Gasteiger partial charge is 0.366 e. The van der Waals surface area contributed by atoms with E-state index in [1.165, 1.54) is 18.4 Å². The van der Waals surface area contributed by atoms with E-state index in [1.807, 2.05) is 0 Å². The van der Waals surface area contributed by atoms with Gasteiger partial charge in [-0.05, 0) is 18.1 Å². The summed E-state index contributed by atoms with van der Waals surface area (Å²) in [5.41, 5.74) is 1.01. The summed E-state index contributed by atoms with van der Waals surface area (Å²) in [7, 11) is 0. The summed E-state index contributed by atoms with van der Waals surface area (Å²) < 4.78 is 6.22. The molecular formula is C17H22O. The van der Waals surface area contributed by atoms with Crippen LogP contribution in [0.5, 0.6) is 0 Å². The number of benzene rings is 1. The maximum atomic E-state index is 6.22. The molecule has 18 heavy (non-hydrogen) atoms. The molecule has 0 saturated carbocycles. The van der Waals surface area contributed by atoms with Gasteiger partial charge in [0.1, 0.15) is 5.60 Å². The monoisotopic (exact) mass is 242 g/mol. The van der Waals surface area contributed by atoms with Gasteiger partial charge < -0.3 is 4.74 Å². The van der Waals surface area contributed by atoms with Gasteiger partial charge in [-0.1, -0.05) is 68.3 Å². The molecule has 0 saturated heterocycles. The molecule has 1 aliphatic rings. The second kappa shape index (κ2) is 6.55. The van der Waals surface area contributed by atoms with Crippen LogP contribution < -0.4 is 0 Å². The Hall–Kier alpha value is -1.34. The molecule has 2 rings (SSSR count). The molecule has 0 radical (unpaired) electrons. The van der Waals surface area contributed by atoms with Crippen LogP contribution in [0.4, 0.5) is 0 Å². The fraction of sp³-hybridized carbons (Fsp3) is 0.412. The fourth-order valence-corrected chi connectivity index (χ4v) is 2.33. The van der Waals surface area contributed by atoms with Gasteiger partial charge in [0.05, 0.1) is 0 Å². The van der Waals surface area contributed by atoms with Crippen molar-refractivity contribution in [3.63, 3.8) is 0 Å². The number of unbranched alkanes of at least 4 members (excludes halogenated alkanes) is 2. The van der Waals surface area contributed by atoms with Crippen molar-refractivity contribution in [1.82, 2.24) is 0 Å². The normalized spacial score (nSPS) is 22.3. The highest BCUT2D eigenvalue weighted by Gasteiger charge is 2.29. The van der Waals surface area contributed by atoms with Crippen LogP contribution in [0.1, 0.15) is 38.2 Å². The lowest BCUT2D eigenvalue weighted by atomic mass is 9.87. The van der Waals surface area contributed by atoms with E-state index in [0.717, 1.165) is 19.4 Å². The average molecular weight is 242 g/mol. The quantitative estimate of drug-likeness (QED) is 0.662. The van der Waals surface area contributed by atoms with Crippen LogP contribution in [0.25, 0.3) is 0 Å². The summed E-state index contributed by atoms with van der Waals surface area (Å²) in [6.07, 6.45) is 13.1. The van der Waals surface area contributed by atoms with Gasteiger partial charge in [0.15, 0.2) is 0 Å². The number of ether oxygens (including phenoxy) is 1. The van der Waals surface area contributed by atoms with Crippen LogP contribution >= 0.6 is 0 Å². The lowest BCUT2D eigenvalue weighted by Gasteiger charge is -2.32. The molecule has 0 spiro atoms. The van der Waals surface area contributed by atoms with E-state index in [0.29, 0.717) is 0 Å². The van der Waals surface area contributed by atoms with E-state index in [1.54, 1.807) is 0 Å². The first-order chi connectivity index (χ1) is 8.87. The summed E-state index contributed by atoms with van der Waals surface area (Å²) in [4.78, 5) is 0. The Balaban J connectivity index is 2.09. The Bertz CT molecular complexity index is 405. The SMILES string of the molecule is CCCCCOC1(c2ccccc2)C=CC=CC1. The van der Waals surface area contributed by atoms with E-state index in [9.17, 15) is 0 Å². The van der Waals surface area contributed by atoms with E-state index in [4.69, 9.17) is 4.74 Å². The third-order valence-electron chi connectivity index (χ3n) is 3.40. The number of hydrogen-bond donors (Lipinski definition) is 0. The van der Waals surface area contributed by atoms with Crippen molar-refractivity contribution in [2.45, 2.75) is 38.2 Å². The zero-order valence-corrected chi connectivity index (χ0v) is 11.1. The van der Waals surface area contributed by atoms with Crippen molar-refractivity contribution in [2.24, 2.45) is 0 Å². The highest BCUT2D eigenvalue weighted by molar-refractivity contribution is 5.32. The minimum atomic E-state index is -0.246. The van der Waals surface area contributed by atoms with Crippen molar-refractivity contribution >= 4 is 0 Å². The Morgan fingerprint density at radius 2 is 1.94 bits per heavy atom. The minimum absolute atomic E-state index is 0.246. The van der Waals surface area contributed by atoms with Crippen LogP contribution in [0.2, 0.25) is 0 Å². The maximum absolute atomic E-state index is 6.22. The molecule has 0 bridgehead atoms. The van der Waals surface area contributed by atoms with Crippen molar-refractivity contribution in [3.05, 3.63) is 60.2 Å². The zero-order valence-electron chi connectivity index (χ0n) is 11.1. The number of rotatable bonds is 6. The summed E-state index contributed by atoms with van der Waals surface area (Å²) in [6.45, 7) is 3.05. The molecule has 0 amide bonds. The molecule has 0 aliphatic heterocycles. The molecular weight excluding hydrogens is 220 g/mol. The predicted octanol–water partition coefficient (Wildman–Crippen LogP) is 4.60. The van der Waals surface area contributed by atoms with Gasteiger partial charge in [-0.2, -0.15) is 0 Å². The molecule has 1 aromatic carbocycles. The van der Waals surface area contributed by atoms with Crippen LogP contribution in [0.15, 0.2) is 54.6 Å². The molecule has 0 fully saturated rings. The third-order valence-corrected chi connectivity index (χ3v) is 3.40.